The first kappa shape index (κ1) is 9.74. The second-order valence-electron chi connectivity index (χ2n) is 1.98. The van der Waals surface area contributed by atoms with Gasteiger partial charge in [-0.05, 0) is 0 Å². The fourth-order valence-electron chi connectivity index (χ4n) is 0.357. The lowest BCUT2D eigenvalue weighted by atomic mass is 10.5. The van der Waals surface area contributed by atoms with Crippen LogP contribution in [0.5, 0.6) is 0 Å². The molecule has 0 spiro atoms. The zero-order valence-corrected chi connectivity index (χ0v) is 6.85. The van der Waals surface area contributed by atoms with E-state index in [0.717, 1.165) is 0 Å². The molecule has 0 aromatic heterocycles. The molecule has 0 aromatic rings. The van der Waals surface area contributed by atoms with Gasteiger partial charge in [0.05, 0.1) is 6.42 Å². The second-order valence-corrected chi connectivity index (χ2v) is 3.76. The molecule has 60 valence electrons. The second kappa shape index (κ2) is 4.54. The molecule has 1 N–H and O–H groups in total. The largest absolute Gasteiger partial charge is 0.598 e. The van der Waals surface area contributed by atoms with Gasteiger partial charge in [-0.2, -0.15) is 0 Å². The molecule has 0 amide bonds. The van der Waals surface area contributed by atoms with Gasteiger partial charge in [-0.25, -0.2) is 0 Å². The van der Waals surface area contributed by atoms with Crippen molar-refractivity contribution in [2.24, 2.45) is 0 Å². The summed E-state index contributed by atoms with van der Waals surface area (Å²) in [5, 5.41) is 8.19. The Morgan fingerprint density at radius 2 is 2.20 bits per heavy atom. The minimum Gasteiger partial charge on any atom is -0.598 e. The van der Waals surface area contributed by atoms with Gasteiger partial charge in [-0.1, -0.05) is 0 Å². The third kappa shape index (κ3) is 4.60. The zero-order valence-electron chi connectivity index (χ0n) is 6.03. The van der Waals surface area contributed by atoms with E-state index in [1.54, 1.807) is 14.1 Å². The molecule has 4 nitrogen and oxygen atoms in total. The van der Waals surface area contributed by atoms with Crippen LogP contribution in [0.1, 0.15) is 6.42 Å². The van der Waals surface area contributed by atoms with Gasteiger partial charge in [0.2, 0.25) is 0 Å². The van der Waals surface area contributed by atoms with E-state index < -0.39 is 17.3 Å². The fraction of sp³-hybridized carbons (Fsp3) is 0.800. The smallest absolute Gasteiger partial charge is 0.308 e. The highest BCUT2D eigenvalue weighted by Crippen LogP contribution is 1.96. The minimum atomic E-state index is -1.14. The van der Waals surface area contributed by atoms with Crippen molar-refractivity contribution in [3.8, 4) is 0 Å². The summed E-state index contributed by atoms with van der Waals surface area (Å²) in [5.74, 6) is -0.710. The van der Waals surface area contributed by atoms with Gasteiger partial charge in [0.1, 0.15) is 5.75 Å². The van der Waals surface area contributed by atoms with Gasteiger partial charge in [-0.3, -0.25) is 4.79 Å². The summed E-state index contributed by atoms with van der Waals surface area (Å²) < 4.78 is 12.3. The van der Waals surface area contributed by atoms with E-state index >= 15 is 0 Å². The summed E-state index contributed by atoms with van der Waals surface area (Å²) in [5.41, 5.74) is 0. The highest BCUT2D eigenvalue weighted by atomic mass is 32.2. The monoisotopic (exact) mass is 165 g/mol. The number of rotatable bonds is 4. The van der Waals surface area contributed by atoms with Gasteiger partial charge in [-0.15, -0.1) is 4.31 Å². The maximum atomic E-state index is 10.8. The molecule has 0 aliphatic rings. The molecule has 0 aliphatic heterocycles. The van der Waals surface area contributed by atoms with Crippen molar-refractivity contribution in [1.82, 2.24) is 4.31 Å². The zero-order chi connectivity index (χ0) is 8.15. The first-order chi connectivity index (χ1) is 4.54. The minimum absolute atomic E-state index is 0.0369. The Balaban J connectivity index is 3.39. The predicted octanol–water partition coefficient (Wildman–Crippen LogP) is -0.314. The molecule has 0 rings (SSSR count). The van der Waals surface area contributed by atoms with Crippen LogP contribution in [0, 0.1) is 0 Å². The van der Waals surface area contributed by atoms with E-state index in [1.165, 1.54) is 4.31 Å². The van der Waals surface area contributed by atoms with Crippen LogP contribution in [0.15, 0.2) is 0 Å². The van der Waals surface area contributed by atoms with Crippen molar-refractivity contribution in [2.45, 2.75) is 6.42 Å². The Labute approximate surface area is 63.1 Å². The van der Waals surface area contributed by atoms with Crippen LogP contribution < -0.4 is 0 Å². The molecule has 10 heavy (non-hydrogen) atoms. The van der Waals surface area contributed by atoms with E-state index in [9.17, 15) is 9.35 Å². The summed E-state index contributed by atoms with van der Waals surface area (Å²) in [4.78, 5) is 9.97. The molecule has 0 saturated carbocycles. The van der Waals surface area contributed by atoms with Crippen LogP contribution >= 0.6 is 0 Å². The Morgan fingerprint density at radius 3 is 2.50 bits per heavy atom. The molecule has 0 heterocycles. The third-order valence-electron chi connectivity index (χ3n) is 0.898. The van der Waals surface area contributed by atoms with Crippen LogP contribution in [-0.2, 0) is 16.2 Å². The highest BCUT2D eigenvalue weighted by Gasteiger charge is 2.11. The lowest BCUT2D eigenvalue weighted by Gasteiger charge is -2.14. The molecule has 0 saturated heterocycles. The first-order valence-corrected chi connectivity index (χ1v) is 4.09. The van der Waals surface area contributed by atoms with Crippen LogP contribution in [0.4, 0.5) is 0 Å². The van der Waals surface area contributed by atoms with Crippen LogP contribution in [0.2, 0.25) is 0 Å². The summed E-state index contributed by atoms with van der Waals surface area (Å²) in [7, 11) is 3.30. The van der Waals surface area contributed by atoms with Crippen molar-refractivity contribution in [2.75, 3.05) is 19.8 Å². The normalized spacial score (nSPS) is 13.6. The average molecular weight is 165 g/mol. The summed E-state index contributed by atoms with van der Waals surface area (Å²) in [6.45, 7) is 0. The molecule has 0 aromatic carbocycles. The standard InChI is InChI=1S/C5H11NO3S/c1-6(2)10(9)4-3-5(7)8/h3-4H2,1-2H3,(H,7,8). The molecular formula is C5H11NO3S. The number of hydrogen-bond acceptors (Lipinski definition) is 3. The molecule has 0 aliphatic carbocycles. The highest BCUT2D eigenvalue weighted by molar-refractivity contribution is 7.89. The van der Waals surface area contributed by atoms with Gasteiger partial charge in [0.15, 0.2) is 0 Å². The maximum absolute atomic E-state index is 10.8. The number of aliphatic carboxylic acids is 1. The Bertz CT molecular complexity index is 117. The van der Waals surface area contributed by atoms with Crippen molar-refractivity contribution < 1.29 is 14.5 Å². The quantitative estimate of drug-likeness (QED) is 0.580. The third-order valence-corrected chi connectivity index (χ3v) is 2.27. The Morgan fingerprint density at radius 1 is 1.70 bits per heavy atom. The van der Waals surface area contributed by atoms with Crippen LogP contribution in [-0.4, -0.2) is 39.8 Å². The summed E-state index contributed by atoms with van der Waals surface area (Å²) >= 11 is -1.14. The average Bonchev–Trinajstić information content (AvgIpc) is 1.82. The lowest BCUT2D eigenvalue weighted by molar-refractivity contribution is -0.136. The van der Waals surface area contributed by atoms with Gasteiger partial charge in [0.25, 0.3) is 0 Å². The van der Waals surface area contributed by atoms with Crippen LogP contribution in [0.25, 0.3) is 0 Å². The van der Waals surface area contributed by atoms with Gasteiger partial charge in [0, 0.05) is 25.5 Å². The fourth-order valence-corrected chi connectivity index (χ4v) is 1.07. The van der Waals surface area contributed by atoms with E-state index in [-0.39, 0.29) is 12.2 Å². The summed E-state index contributed by atoms with van der Waals surface area (Å²) in [6, 6.07) is 0. The van der Waals surface area contributed by atoms with Gasteiger partial charge >= 0.3 is 5.97 Å². The molecular weight excluding hydrogens is 154 g/mol. The van der Waals surface area contributed by atoms with E-state index in [0.29, 0.717) is 0 Å². The molecule has 0 radical (unpaired) electrons. The maximum Gasteiger partial charge on any atom is 0.308 e. The van der Waals surface area contributed by atoms with E-state index in [2.05, 4.69) is 0 Å². The number of carboxylic acid groups (broad SMARTS) is 1. The number of carboxylic acids is 1. The molecule has 1 atom stereocenters. The van der Waals surface area contributed by atoms with Crippen molar-refractivity contribution in [3.05, 3.63) is 0 Å². The SMILES string of the molecule is CN(C)[S+]([O-])CCC(=O)O. The Kier molecular flexibility index (Phi) is 4.42. The van der Waals surface area contributed by atoms with Crippen molar-refractivity contribution in [1.29, 1.82) is 0 Å². The van der Waals surface area contributed by atoms with Crippen molar-refractivity contribution in [3.63, 3.8) is 0 Å². The van der Waals surface area contributed by atoms with Gasteiger partial charge < -0.3 is 9.66 Å². The number of hydrogen-bond donors (Lipinski definition) is 1. The summed E-state index contributed by atoms with van der Waals surface area (Å²) in [6.07, 6.45) is -0.0369. The molecule has 0 bridgehead atoms. The Hall–Kier alpha value is -0.260. The number of nitrogens with zero attached hydrogens (tertiary/aromatic N) is 1. The molecule has 5 heteroatoms. The number of carbonyl (C=O) groups is 1. The predicted molar refractivity (Wildman–Crippen MR) is 38.9 cm³/mol. The first-order valence-electron chi connectivity index (χ1n) is 2.81. The van der Waals surface area contributed by atoms with E-state index in [1.807, 2.05) is 0 Å². The van der Waals surface area contributed by atoms with Crippen LogP contribution in [0.3, 0.4) is 0 Å². The molecule has 0 fully saturated rings. The molecule has 1 unspecified atom stereocenters. The van der Waals surface area contributed by atoms with Crippen molar-refractivity contribution >= 4 is 17.3 Å². The lowest BCUT2D eigenvalue weighted by Crippen LogP contribution is -2.26. The topological polar surface area (TPSA) is 63.6 Å². The van der Waals surface area contributed by atoms with E-state index in [4.69, 9.17) is 5.11 Å².